The van der Waals surface area contributed by atoms with Crippen LogP contribution in [0.15, 0.2) is 18.3 Å². The molecular weight excluding hydrogens is 136 g/mol. The number of nitriles is 1. The minimum Gasteiger partial charge on any atom is -0.363 e. The molecule has 0 aromatic carbocycles. The first-order valence-electron chi connectivity index (χ1n) is 2.51. The van der Waals surface area contributed by atoms with Gasteiger partial charge in [-0.1, -0.05) is 11.6 Å². The molecule has 9 heavy (non-hydrogen) atoms. The minimum absolute atomic E-state index is 0.542. The predicted octanol–water partition coefficient (Wildman–Crippen LogP) is 1.82. The van der Waals surface area contributed by atoms with Crippen molar-refractivity contribution in [1.82, 2.24) is 4.98 Å². The molecule has 0 aliphatic rings. The Labute approximate surface area is 58.1 Å². The molecule has 0 radical (unpaired) electrons. The fourth-order valence-electron chi connectivity index (χ4n) is 0.571. The number of rotatable bonds is 1. The standard InChI is InChI=1S/C6H5ClN2/c7-5(4-8)6-2-1-3-9-6/h1-3,5,9H. The molecule has 1 atom stereocenters. The average Bonchev–Trinajstić information content (AvgIpc) is 2.37. The Morgan fingerprint density at radius 1 is 1.78 bits per heavy atom. The molecule has 0 spiro atoms. The van der Waals surface area contributed by atoms with Gasteiger partial charge in [0.25, 0.3) is 0 Å². The van der Waals surface area contributed by atoms with Gasteiger partial charge in [-0.2, -0.15) is 5.26 Å². The highest BCUT2D eigenvalue weighted by atomic mass is 35.5. The molecular formula is C6H5ClN2. The maximum Gasteiger partial charge on any atom is 0.160 e. The number of hydrogen-bond acceptors (Lipinski definition) is 1. The van der Waals surface area contributed by atoms with Crippen LogP contribution in [0.3, 0.4) is 0 Å². The number of alkyl halides is 1. The smallest absolute Gasteiger partial charge is 0.160 e. The van der Waals surface area contributed by atoms with Crippen LogP contribution in [0.4, 0.5) is 0 Å². The fraction of sp³-hybridized carbons (Fsp3) is 0.167. The molecule has 1 aromatic rings. The average molecular weight is 141 g/mol. The lowest BCUT2D eigenvalue weighted by Crippen LogP contribution is -1.83. The Morgan fingerprint density at radius 3 is 3.00 bits per heavy atom. The van der Waals surface area contributed by atoms with Crippen molar-refractivity contribution in [2.75, 3.05) is 0 Å². The molecule has 1 aromatic heterocycles. The van der Waals surface area contributed by atoms with Crippen molar-refractivity contribution in [2.24, 2.45) is 0 Å². The molecule has 2 nitrogen and oxygen atoms in total. The summed E-state index contributed by atoms with van der Waals surface area (Å²) in [6.45, 7) is 0. The van der Waals surface area contributed by atoms with Gasteiger partial charge >= 0.3 is 0 Å². The Kier molecular flexibility index (Phi) is 1.76. The Morgan fingerprint density at radius 2 is 2.56 bits per heavy atom. The molecule has 46 valence electrons. The van der Waals surface area contributed by atoms with Gasteiger partial charge in [-0.05, 0) is 12.1 Å². The van der Waals surface area contributed by atoms with E-state index in [1.807, 2.05) is 12.1 Å². The molecule has 1 heterocycles. The van der Waals surface area contributed by atoms with Crippen molar-refractivity contribution >= 4 is 11.6 Å². The van der Waals surface area contributed by atoms with E-state index >= 15 is 0 Å². The van der Waals surface area contributed by atoms with Crippen LogP contribution >= 0.6 is 11.6 Å². The molecule has 1 rings (SSSR count). The molecule has 0 aliphatic heterocycles. The molecule has 0 aliphatic carbocycles. The third-order valence-corrected chi connectivity index (χ3v) is 1.34. The third-order valence-electron chi connectivity index (χ3n) is 1.01. The zero-order chi connectivity index (χ0) is 6.69. The van der Waals surface area contributed by atoms with Gasteiger partial charge in [0.1, 0.15) is 0 Å². The van der Waals surface area contributed by atoms with Crippen LogP contribution in [-0.2, 0) is 0 Å². The van der Waals surface area contributed by atoms with Crippen molar-refractivity contribution in [3.05, 3.63) is 24.0 Å². The second-order valence-corrected chi connectivity index (χ2v) is 2.05. The van der Waals surface area contributed by atoms with E-state index in [4.69, 9.17) is 16.9 Å². The maximum atomic E-state index is 8.30. The summed E-state index contributed by atoms with van der Waals surface area (Å²) >= 11 is 5.54. The number of aromatic nitrogens is 1. The zero-order valence-corrected chi connectivity index (χ0v) is 5.39. The van der Waals surface area contributed by atoms with Crippen LogP contribution in [0.2, 0.25) is 0 Å². The van der Waals surface area contributed by atoms with Gasteiger partial charge in [0.05, 0.1) is 6.07 Å². The highest BCUT2D eigenvalue weighted by Gasteiger charge is 2.03. The van der Waals surface area contributed by atoms with Crippen LogP contribution in [0.25, 0.3) is 0 Å². The quantitative estimate of drug-likeness (QED) is 0.594. The number of aromatic amines is 1. The normalized spacial score (nSPS) is 12.4. The van der Waals surface area contributed by atoms with Gasteiger partial charge in [-0.15, -0.1) is 0 Å². The van der Waals surface area contributed by atoms with Crippen LogP contribution < -0.4 is 0 Å². The van der Waals surface area contributed by atoms with Gasteiger partial charge in [-0.3, -0.25) is 0 Å². The summed E-state index contributed by atoms with van der Waals surface area (Å²) < 4.78 is 0. The first kappa shape index (κ1) is 6.18. The number of halogens is 1. The lowest BCUT2D eigenvalue weighted by atomic mass is 10.3. The van der Waals surface area contributed by atoms with Gasteiger partial charge in [0.2, 0.25) is 0 Å². The molecule has 1 N–H and O–H groups in total. The number of nitrogens with one attached hydrogen (secondary N) is 1. The highest BCUT2D eigenvalue weighted by Crippen LogP contribution is 2.15. The van der Waals surface area contributed by atoms with E-state index in [2.05, 4.69) is 4.98 Å². The number of H-pyrrole nitrogens is 1. The summed E-state index contributed by atoms with van der Waals surface area (Å²) in [7, 11) is 0. The zero-order valence-electron chi connectivity index (χ0n) is 4.63. The molecule has 0 amide bonds. The van der Waals surface area contributed by atoms with Crippen molar-refractivity contribution in [3.8, 4) is 6.07 Å². The van der Waals surface area contributed by atoms with Gasteiger partial charge < -0.3 is 4.98 Å². The van der Waals surface area contributed by atoms with E-state index in [9.17, 15) is 0 Å². The van der Waals surface area contributed by atoms with E-state index in [1.165, 1.54) is 0 Å². The van der Waals surface area contributed by atoms with Crippen LogP contribution in [0.1, 0.15) is 11.1 Å². The Hall–Kier alpha value is -0.940. The van der Waals surface area contributed by atoms with Gasteiger partial charge in [-0.25, -0.2) is 0 Å². The minimum atomic E-state index is -0.542. The van der Waals surface area contributed by atoms with Crippen molar-refractivity contribution in [2.45, 2.75) is 5.38 Å². The predicted molar refractivity (Wildman–Crippen MR) is 35.0 cm³/mol. The SMILES string of the molecule is N#CC(Cl)c1ccc[nH]1. The summed E-state index contributed by atoms with van der Waals surface area (Å²) in [6.07, 6.45) is 1.74. The van der Waals surface area contributed by atoms with E-state index < -0.39 is 5.38 Å². The molecule has 1 unspecified atom stereocenters. The van der Waals surface area contributed by atoms with Crippen molar-refractivity contribution in [3.63, 3.8) is 0 Å². The second-order valence-electron chi connectivity index (χ2n) is 1.62. The number of nitrogens with zero attached hydrogens (tertiary/aromatic N) is 1. The summed E-state index contributed by atoms with van der Waals surface area (Å²) in [5.74, 6) is 0. The Bertz CT molecular complexity index is 209. The van der Waals surface area contributed by atoms with E-state index in [1.54, 1.807) is 12.3 Å². The fourth-order valence-corrected chi connectivity index (χ4v) is 0.707. The molecule has 0 bridgehead atoms. The highest BCUT2D eigenvalue weighted by molar-refractivity contribution is 6.22. The van der Waals surface area contributed by atoms with Gasteiger partial charge in [0.15, 0.2) is 5.38 Å². The topological polar surface area (TPSA) is 39.6 Å². The van der Waals surface area contributed by atoms with Crippen LogP contribution in [0, 0.1) is 11.3 Å². The van der Waals surface area contributed by atoms with Crippen molar-refractivity contribution in [1.29, 1.82) is 5.26 Å². The summed E-state index contributed by atoms with van der Waals surface area (Å²) in [4.78, 5) is 2.83. The van der Waals surface area contributed by atoms with E-state index in [0.717, 1.165) is 5.69 Å². The monoisotopic (exact) mass is 140 g/mol. The van der Waals surface area contributed by atoms with Crippen LogP contribution in [-0.4, -0.2) is 4.98 Å². The van der Waals surface area contributed by atoms with Crippen LogP contribution in [0.5, 0.6) is 0 Å². The largest absolute Gasteiger partial charge is 0.363 e. The lowest BCUT2D eigenvalue weighted by molar-refractivity contribution is 1.12. The number of hydrogen-bond donors (Lipinski definition) is 1. The van der Waals surface area contributed by atoms with Crippen molar-refractivity contribution < 1.29 is 0 Å². The lowest BCUT2D eigenvalue weighted by Gasteiger charge is -1.91. The second kappa shape index (κ2) is 2.56. The first-order chi connectivity index (χ1) is 4.34. The maximum absolute atomic E-state index is 8.30. The molecule has 0 saturated heterocycles. The molecule has 0 fully saturated rings. The molecule has 0 saturated carbocycles. The Balaban J connectivity index is 2.80. The summed E-state index contributed by atoms with van der Waals surface area (Å²) in [6, 6.07) is 5.49. The van der Waals surface area contributed by atoms with E-state index in [0.29, 0.717) is 0 Å². The summed E-state index contributed by atoms with van der Waals surface area (Å²) in [5, 5.41) is 7.76. The first-order valence-corrected chi connectivity index (χ1v) is 2.95. The van der Waals surface area contributed by atoms with E-state index in [-0.39, 0.29) is 0 Å². The summed E-state index contributed by atoms with van der Waals surface area (Å²) in [5.41, 5.74) is 0.749. The third kappa shape index (κ3) is 1.24. The van der Waals surface area contributed by atoms with Gasteiger partial charge in [0, 0.05) is 11.9 Å². The molecule has 3 heteroatoms.